The maximum atomic E-state index is 2.29. The predicted octanol–water partition coefficient (Wildman–Crippen LogP) is 6.31. The second-order valence-corrected chi connectivity index (χ2v) is 5.36. The van der Waals surface area contributed by atoms with Crippen LogP contribution in [0.2, 0.25) is 0 Å². The quantitative estimate of drug-likeness (QED) is 0.515. The van der Waals surface area contributed by atoms with Crippen LogP contribution in [0.5, 0.6) is 0 Å². The van der Waals surface area contributed by atoms with Gasteiger partial charge >= 0.3 is 0 Å². The Morgan fingerprint density at radius 2 is 1.75 bits per heavy atom. The van der Waals surface area contributed by atoms with Gasteiger partial charge in [0.05, 0.1) is 0 Å². The van der Waals surface area contributed by atoms with Crippen molar-refractivity contribution >= 4 is 10.8 Å². The standard InChI is InChI=1S/C20H25/c1-3-5-6-7-12-17(11-4-2)20-16-10-14-18-13-8-9-15-19(18)20/h4,8-11,13-16H,3,5-7,12H2,1-2H3/b11-4+. The third-order valence-corrected chi connectivity index (χ3v) is 3.80. The largest absolute Gasteiger partial charge is 0.0907 e. The molecule has 2 rings (SSSR count). The topological polar surface area (TPSA) is 0 Å². The number of hydrogen-bond acceptors (Lipinski definition) is 0. The highest BCUT2D eigenvalue weighted by Crippen LogP contribution is 2.29. The molecular weight excluding hydrogens is 240 g/mol. The molecule has 0 bridgehead atoms. The average Bonchev–Trinajstić information content (AvgIpc) is 2.50. The molecule has 0 N–H and O–H groups in total. The van der Waals surface area contributed by atoms with Gasteiger partial charge in [-0.3, -0.25) is 0 Å². The van der Waals surface area contributed by atoms with Crippen molar-refractivity contribution in [3.8, 4) is 0 Å². The van der Waals surface area contributed by atoms with E-state index in [4.69, 9.17) is 0 Å². The van der Waals surface area contributed by atoms with Gasteiger partial charge in [0.1, 0.15) is 0 Å². The molecule has 0 saturated heterocycles. The van der Waals surface area contributed by atoms with E-state index in [1.807, 2.05) is 0 Å². The fourth-order valence-corrected chi connectivity index (χ4v) is 2.76. The highest BCUT2D eigenvalue weighted by molar-refractivity contribution is 5.87. The Balaban J connectivity index is 2.22. The molecule has 0 aliphatic rings. The Morgan fingerprint density at radius 1 is 0.950 bits per heavy atom. The van der Waals surface area contributed by atoms with Gasteiger partial charge in [-0.05, 0) is 29.7 Å². The van der Waals surface area contributed by atoms with Crippen molar-refractivity contribution in [1.82, 2.24) is 0 Å². The molecule has 0 atom stereocenters. The predicted molar refractivity (Wildman–Crippen MR) is 89.9 cm³/mol. The summed E-state index contributed by atoms with van der Waals surface area (Å²) in [6, 6.07) is 15.3. The van der Waals surface area contributed by atoms with Crippen molar-refractivity contribution in [3.05, 3.63) is 66.1 Å². The lowest BCUT2D eigenvalue weighted by molar-refractivity contribution is 0.654. The van der Waals surface area contributed by atoms with E-state index < -0.39 is 0 Å². The summed E-state index contributed by atoms with van der Waals surface area (Å²) in [5.41, 5.74) is 1.40. The molecule has 0 aromatic heterocycles. The number of fused-ring (bicyclic) bond motifs is 1. The second kappa shape index (κ2) is 7.89. The Labute approximate surface area is 123 Å². The molecule has 2 aromatic rings. The van der Waals surface area contributed by atoms with E-state index in [0.717, 1.165) is 0 Å². The van der Waals surface area contributed by atoms with Gasteiger partial charge in [0.25, 0.3) is 0 Å². The van der Waals surface area contributed by atoms with Crippen LogP contribution in [0.1, 0.15) is 51.5 Å². The molecule has 0 heteroatoms. The minimum Gasteiger partial charge on any atom is -0.0907 e. The molecule has 0 saturated carbocycles. The Kier molecular flexibility index (Phi) is 5.86. The van der Waals surface area contributed by atoms with Crippen LogP contribution in [-0.4, -0.2) is 0 Å². The van der Waals surface area contributed by atoms with Crippen LogP contribution in [0.15, 0.2) is 54.6 Å². The first-order valence-corrected chi connectivity index (χ1v) is 7.83. The van der Waals surface area contributed by atoms with Crippen LogP contribution in [0, 0.1) is 5.92 Å². The van der Waals surface area contributed by atoms with Crippen LogP contribution in [0.3, 0.4) is 0 Å². The zero-order valence-electron chi connectivity index (χ0n) is 12.7. The number of benzene rings is 2. The number of hydrogen-bond donors (Lipinski definition) is 0. The molecule has 0 heterocycles. The number of rotatable bonds is 7. The average molecular weight is 265 g/mol. The molecule has 2 aromatic carbocycles. The monoisotopic (exact) mass is 265 g/mol. The summed E-state index contributed by atoms with van der Waals surface area (Å²) in [6.07, 6.45) is 10.9. The summed E-state index contributed by atoms with van der Waals surface area (Å²) in [4.78, 5) is 0. The van der Waals surface area contributed by atoms with Crippen molar-refractivity contribution in [2.75, 3.05) is 0 Å². The Hall–Kier alpha value is -1.56. The highest BCUT2D eigenvalue weighted by Gasteiger charge is 2.11. The van der Waals surface area contributed by atoms with Gasteiger partial charge in [-0.1, -0.05) is 87.2 Å². The molecule has 20 heavy (non-hydrogen) atoms. The Bertz CT molecular complexity index is 545. The fraction of sp³-hybridized carbons (Fsp3) is 0.350. The normalized spacial score (nSPS) is 11.8. The first-order valence-electron chi connectivity index (χ1n) is 7.83. The van der Waals surface area contributed by atoms with Crippen LogP contribution in [-0.2, 0) is 0 Å². The van der Waals surface area contributed by atoms with E-state index >= 15 is 0 Å². The van der Waals surface area contributed by atoms with E-state index in [-0.39, 0.29) is 0 Å². The summed E-state index contributed by atoms with van der Waals surface area (Å²) in [6.45, 7) is 4.37. The zero-order chi connectivity index (χ0) is 14.2. The van der Waals surface area contributed by atoms with Gasteiger partial charge in [0.15, 0.2) is 0 Å². The minimum absolute atomic E-state index is 1.18. The maximum absolute atomic E-state index is 2.29. The van der Waals surface area contributed by atoms with Crippen molar-refractivity contribution in [2.45, 2.75) is 46.0 Å². The number of unbranched alkanes of at least 4 members (excludes halogenated alkanes) is 3. The van der Waals surface area contributed by atoms with Crippen LogP contribution >= 0.6 is 0 Å². The molecule has 0 unspecified atom stereocenters. The van der Waals surface area contributed by atoms with Crippen molar-refractivity contribution in [2.24, 2.45) is 0 Å². The Morgan fingerprint density at radius 3 is 2.55 bits per heavy atom. The van der Waals surface area contributed by atoms with Gasteiger partial charge in [-0.2, -0.15) is 0 Å². The molecule has 0 aliphatic heterocycles. The molecule has 105 valence electrons. The molecule has 0 amide bonds. The molecule has 1 radical (unpaired) electrons. The highest BCUT2D eigenvalue weighted by atomic mass is 14.1. The molecular formula is C20H25. The second-order valence-electron chi connectivity index (χ2n) is 5.36. The fourth-order valence-electron chi connectivity index (χ4n) is 2.76. The first-order chi connectivity index (χ1) is 9.86. The van der Waals surface area contributed by atoms with Crippen LogP contribution in [0.4, 0.5) is 0 Å². The summed E-state index contributed by atoms with van der Waals surface area (Å²) < 4.78 is 0. The summed E-state index contributed by atoms with van der Waals surface area (Å²) in [7, 11) is 0. The first kappa shape index (κ1) is 14.8. The molecule has 0 aliphatic carbocycles. The lowest BCUT2D eigenvalue weighted by atomic mass is 9.89. The van der Waals surface area contributed by atoms with E-state index in [1.165, 1.54) is 54.4 Å². The van der Waals surface area contributed by atoms with Gasteiger partial charge in [0, 0.05) is 5.92 Å². The number of allylic oxidation sites excluding steroid dienone is 2. The lowest BCUT2D eigenvalue weighted by Crippen LogP contribution is -1.98. The van der Waals surface area contributed by atoms with Gasteiger partial charge in [-0.15, -0.1) is 0 Å². The summed E-state index contributed by atoms with van der Waals surface area (Å²) in [5, 5.41) is 2.71. The zero-order valence-corrected chi connectivity index (χ0v) is 12.7. The SMILES string of the molecule is C/C=C/[C](CCCCCC)c1cccc2ccccc12. The van der Waals surface area contributed by atoms with E-state index in [1.54, 1.807) is 0 Å². The lowest BCUT2D eigenvalue weighted by Gasteiger charge is -2.15. The summed E-state index contributed by atoms with van der Waals surface area (Å²) >= 11 is 0. The molecule has 0 nitrogen and oxygen atoms in total. The van der Waals surface area contributed by atoms with Crippen LogP contribution < -0.4 is 0 Å². The van der Waals surface area contributed by atoms with E-state index in [0.29, 0.717) is 0 Å². The minimum atomic E-state index is 1.18. The van der Waals surface area contributed by atoms with Crippen molar-refractivity contribution in [3.63, 3.8) is 0 Å². The smallest absolute Gasteiger partial charge is 0.0270 e. The van der Waals surface area contributed by atoms with Gasteiger partial charge in [0.2, 0.25) is 0 Å². The summed E-state index contributed by atoms with van der Waals surface area (Å²) in [5.74, 6) is 1.47. The van der Waals surface area contributed by atoms with Crippen LogP contribution in [0.25, 0.3) is 10.8 Å². The third-order valence-electron chi connectivity index (χ3n) is 3.80. The van der Waals surface area contributed by atoms with Gasteiger partial charge in [-0.25, -0.2) is 0 Å². The van der Waals surface area contributed by atoms with Crippen molar-refractivity contribution in [1.29, 1.82) is 0 Å². The van der Waals surface area contributed by atoms with Crippen molar-refractivity contribution < 1.29 is 0 Å². The maximum Gasteiger partial charge on any atom is 0.0270 e. The van der Waals surface area contributed by atoms with E-state index in [9.17, 15) is 0 Å². The molecule has 0 fully saturated rings. The third kappa shape index (κ3) is 3.72. The van der Waals surface area contributed by atoms with Gasteiger partial charge < -0.3 is 0 Å². The molecule has 0 spiro atoms. The van der Waals surface area contributed by atoms with E-state index in [2.05, 4.69) is 68.5 Å².